The van der Waals surface area contributed by atoms with Gasteiger partial charge in [-0.3, -0.25) is 54.6 Å². The second-order valence-electron chi connectivity index (χ2n) is 22.3. The summed E-state index contributed by atoms with van der Waals surface area (Å²) >= 11 is 0. The number of fused-ring (bicyclic) bond motifs is 1. The Hall–Kier alpha value is -2.19. The summed E-state index contributed by atoms with van der Waals surface area (Å²) in [6.07, 6.45) is -18.6. The molecule has 568 valence electrons. The zero-order valence-electron chi connectivity index (χ0n) is 53.2. The molecular formula is C48H86N5O40P5. The third-order valence-electron chi connectivity index (χ3n) is 15.1. The molecule has 0 radical (unpaired) electrons. The molecule has 23 atom stereocenters. The molecule has 12 unspecified atom stereocenters. The van der Waals surface area contributed by atoms with Crippen molar-refractivity contribution in [2.45, 2.75) is 132 Å². The van der Waals surface area contributed by atoms with Crippen molar-refractivity contribution in [1.82, 2.24) is 24.8 Å². The quantitative estimate of drug-likeness (QED) is 0.0172. The van der Waals surface area contributed by atoms with E-state index in [9.17, 15) is 98.0 Å². The molecule has 45 nitrogen and oxygen atoms in total. The van der Waals surface area contributed by atoms with Crippen LogP contribution < -0.4 is 5.32 Å². The highest BCUT2D eigenvalue weighted by Crippen LogP contribution is 2.51. The molecule has 6 rings (SSSR count). The van der Waals surface area contributed by atoms with E-state index in [0.29, 0.717) is 11.2 Å². The molecule has 0 bridgehead atoms. The van der Waals surface area contributed by atoms with Crippen molar-refractivity contribution in [3.05, 3.63) is 18.3 Å². The summed E-state index contributed by atoms with van der Waals surface area (Å²) < 4.78 is 173. The van der Waals surface area contributed by atoms with Crippen LogP contribution in [0.1, 0.15) is 39.1 Å². The smallest absolute Gasteiger partial charge is 0.394 e. The van der Waals surface area contributed by atoms with E-state index >= 15 is 0 Å². The molecule has 0 aromatic carbocycles. The van der Waals surface area contributed by atoms with Gasteiger partial charge in [0.05, 0.1) is 122 Å². The second kappa shape index (κ2) is 38.7. The van der Waals surface area contributed by atoms with E-state index in [1.54, 1.807) is 6.92 Å². The van der Waals surface area contributed by atoms with Gasteiger partial charge in [0.25, 0.3) is 0 Å². The van der Waals surface area contributed by atoms with Crippen LogP contribution in [0.4, 0.5) is 0 Å². The van der Waals surface area contributed by atoms with Crippen molar-refractivity contribution < 1.29 is 191 Å². The maximum atomic E-state index is 14.0. The summed E-state index contributed by atoms with van der Waals surface area (Å²) in [4.78, 5) is 77.7. The largest absolute Gasteiger partial charge is 0.474 e. The first-order valence-electron chi connectivity index (χ1n) is 29.7. The molecule has 2 aromatic heterocycles. The summed E-state index contributed by atoms with van der Waals surface area (Å²) in [5.41, 5.74) is -1.08. The van der Waals surface area contributed by atoms with Crippen LogP contribution in [-0.4, -0.2) is 308 Å². The predicted molar refractivity (Wildman–Crippen MR) is 315 cm³/mol. The maximum absolute atomic E-state index is 14.0. The lowest BCUT2D eigenvalue weighted by atomic mass is 9.92. The average Bonchev–Trinajstić information content (AvgIpc) is 1.67. The predicted octanol–water partition coefficient (Wildman–Crippen LogP) is -3.86. The summed E-state index contributed by atoms with van der Waals surface area (Å²) in [6, 6.07) is -1.40. The normalized spacial score (nSPS) is 33.1. The standard InChI is InChI=1S/C48H86N5O40P5/c1-26-38(58)40(60)31(13-54)90-45(26)78-6-9-81-95(66,67)86-23-75-17-48(18-76-24-87-96(68,69)82-10-7-79-46-27(2)39(59)41(61)32(14-55)91-46,19-77-25-88-97(70,71)83-11-8-80-47-37(52-29(4)57)43(63)42(62)33(15-56)92-47)20-85-98(72,73)84-16-34-30(93-94(64,65)74-5)12-35(89-34)53-22-51-36-28(3)49-21-50-44(36)53/h21-22,26-27,30-35,37-43,45-47,54-56,58-63H,6-20,23-25H2,1-5H3,(H,52,57)(H,64,65)(H,66,67)(H,68,69)(H,70,71)(H,72,73)/t26?,27?,30?,31?,32?,33?,34-,35-,37?,38-,39-,40+,41+,42+,43-,45-,46-,47-,48?/m1/s1. The summed E-state index contributed by atoms with van der Waals surface area (Å²) in [5.74, 6) is -2.39. The number of carbonyl (C=O) groups excluding carboxylic acids is 1. The SMILES string of the molecule is COP(=O)(O)OC1C[C@H](n2cnc3c(C)ncnc32)O[C@@H]1COP(=O)(O)OCC(COCOP(=O)(O)OCCO[C@@H]1OC(CO)[C@H](O)[C@H](O)C1C)(COCOP(=O)(O)OCCO[C@@H]1OC(CO)[C@H](O)[C@H](O)C1C)COCOP(=O)(O)OCCO[C@@H]1OC(CO)[C@H](O)[C@H](O)C1NC(C)=O. The maximum Gasteiger partial charge on any atom is 0.474 e. The van der Waals surface area contributed by atoms with Crippen molar-refractivity contribution in [3.63, 3.8) is 0 Å². The van der Waals surface area contributed by atoms with Gasteiger partial charge in [0.1, 0.15) is 79.0 Å². The number of rotatable bonds is 44. The highest BCUT2D eigenvalue weighted by atomic mass is 31.2. The lowest BCUT2D eigenvalue weighted by Gasteiger charge is -2.42. The van der Waals surface area contributed by atoms with Crippen LogP contribution in [0.3, 0.4) is 0 Å². The number of aromatic nitrogens is 4. The number of aliphatic hydroxyl groups excluding tert-OH is 9. The van der Waals surface area contributed by atoms with Gasteiger partial charge in [-0.15, -0.1) is 0 Å². The molecule has 4 saturated heterocycles. The third-order valence-corrected chi connectivity index (χ3v) is 19.8. The van der Waals surface area contributed by atoms with Crippen LogP contribution >= 0.6 is 39.1 Å². The van der Waals surface area contributed by atoms with E-state index < -0.39 is 273 Å². The number of hydrogen-bond donors (Lipinski definition) is 15. The Labute approximate surface area is 558 Å². The molecule has 0 spiro atoms. The molecule has 0 saturated carbocycles. The Morgan fingerprint density at radius 1 is 0.561 bits per heavy atom. The van der Waals surface area contributed by atoms with Gasteiger partial charge in [-0.2, -0.15) is 0 Å². The zero-order chi connectivity index (χ0) is 72.4. The summed E-state index contributed by atoms with van der Waals surface area (Å²) in [5, 5.41) is 92.9. The van der Waals surface area contributed by atoms with E-state index in [4.69, 9.17) is 88.1 Å². The van der Waals surface area contributed by atoms with E-state index in [1.807, 2.05) is 0 Å². The number of ether oxygens (including phenoxy) is 10. The number of imidazole rings is 1. The minimum absolute atomic E-state index is 0.236. The molecule has 4 aliphatic rings. The van der Waals surface area contributed by atoms with Crippen LogP contribution in [0, 0.1) is 24.2 Å². The van der Waals surface area contributed by atoms with Crippen molar-refractivity contribution in [3.8, 4) is 0 Å². The van der Waals surface area contributed by atoms with E-state index in [0.717, 1.165) is 14.0 Å². The number of phosphoric ester groups is 5. The Balaban J connectivity index is 1.17. The Kier molecular flexibility index (Phi) is 33.5. The van der Waals surface area contributed by atoms with Gasteiger partial charge in [-0.1, -0.05) is 13.8 Å². The monoisotopic (exact) mass is 1530 g/mol. The van der Waals surface area contributed by atoms with Gasteiger partial charge in [0.15, 0.2) is 44.9 Å². The zero-order valence-corrected chi connectivity index (χ0v) is 57.6. The number of amides is 1. The van der Waals surface area contributed by atoms with Crippen molar-refractivity contribution >= 4 is 56.2 Å². The first-order chi connectivity index (χ1) is 46.1. The van der Waals surface area contributed by atoms with Crippen LogP contribution in [0.5, 0.6) is 0 Å². The van der Waals surface area contributed by atoms with E-state index in [-0.39, 0.29) is 12.1 Å². The van der Waals surface area contributed by atoms with E-state index in [2.05, 4.69) is 24.8 Å². The van der Waals surface area contributed by atoms with Crippen LogP contribution in [0.2, 0.25) is 0 Å². The topological polar surface area (TPSA) is 626 Å². The van der Waals surface area contributed by atoms with Gasteiger partial charge in [-0.05, 0) is 6.92 Å². The Bertz CT molecular complexity index is 2950. The number of nitrogens with one attached hydrogen (secondary N) is 1. The molecule has 4 fully saturated rings. The number of aryl methyl sites for hydroxylation is 1. The van der Waals surface area contributed by atoms with Crippen LogP contribution in [0.25, 0.3) is 11.2 Å². The molecule has 15 N–H and O–H groups in total. The fourth-order valence-electron chi connectivity index (χ4n) is 9.78. The van der Waals surface area contributed by atoms with E-state index in [1.165, 1.54) is 31.1 Å². The first-order valence-corrected chi connectivity index (χ1v) is 37.1. The summed E-state index contributed by atoms with van der Waals surface area (Å²) in [7, 11) is -24.9. The Morgan fingerprint density at radius 2 is 1.00 bits per heavy atom. The number of nitrogens with zero attached hydrogens (tertiary/aromatic N) is 4. The molecule has 98 heavy (non-hydrogen) atoms. The fourth-order valence-corrected chi connectivity index (χ4v) is 13.0. The van der Waals surface area contributed by atoms with Gasteiger partial charge in [-0.25, -0.2) is 37.8 Å². The van der Waals surface area contributed by atoms with Gasteiger partial charge in [0, 0.05) is 32.3 Å². The molecule has 4 aliphatic heterocycles. The van der Waals surface area contributed by atoms with Crippen LogP contribution in [0.15, 0.2) is 12.7 Å². The Morgan fingerprint density at radius 3 is 1.45 bits per heavy atom. The molecule has 50 heteroatoms. The second-order valence-corrected chi connectivity index (χ2v) is 29.7. The minimum atomic E-state index is -5.49. The fraction of sp³-hybridized carbons (Fsp3) is 0.875. The lowest BCUT2D eigenvalue weighted by molar-refractivity contribution is -0.283. The van der Waals surface area contributed by atoms with Crippen LogP contribution in [-0.2, 0) is 120 Å². The number of phosphoric acid groups is 5. The number of aliphatic hydroxyl groups is 9. The summed E-state index contributed by atoms with van der Waals surface area (Å²) in [6.45, 7) is -8.97. The van der Waals surface area contributed by atoms with Gasteiger partial charge < -0.3 is 123 Å². The van der Waals surface area contributed by atoms with Crippen molar-refractivity contribution in [1.29, 1.82) is 0 Å². The molecule has 6 heterocycles. The molecule has 0 aliphatic carbocycles. The molecule has 2 aromatic rings. The molecular weight excluding hydrogens is 1440 g/mol. The highest BCUT2D eigenvalue weighted by molar-refractivity contribution is 7.48. The first kappa shape index (κ1) is 84.7. The molecule has 1 amide bonds. The number of hydrogen-bond acceptors (Lipinski definition) is 38. The average molecular weight is 1530 g/mol. The van der Waals surface area contributed by atoms with Crippen molar-refractivity contribution in [2.24, 2.45) is 17.3 Å². The number of carbonyl (C=O) groups is 1. The van der Waals surface area contributed by atoms with Gasteiger partial charge >= 0.3 is 39.1 Å². The van der Waals surface area contributed by atoms with Gasteiger partial charge in [0.2, 0.25) is 5.91 Å². The lowest BCUT2D eigenvalue weighted by Crippen LogP contribution is -2.64. The van der Waals surface area contributed by atoms with Crippen molar-refractivity contribution in [2.75, 3.05) is 120 Å². The third kappa shape index (κ3) is 25.3. The highest BCUT2D eigenvalue weighted by Gasteiger charge is 2.48. The minimum Gasteiger partial charge on any atom is -0.394 e.